The molecule has 0 saturated carbocycles. The molecule has 0 aliphatic rings. The fourth-order valence-corrected chi connectivity index (χ4v) is 1.17. The van der Waals surface area contributed by atoms with Crippen LogP contribution in [0.5, 0.6) is 5.88 Å². The average Bonchev–Trinajstić information content (AvgIpc) is 2.13. The Morgan fingerprint density at radius 3 is 2.11 bits per heavy atom. The molecule has 0 spiro atoms. The van der Waals surface area contributed by atoms with Crippen LogP contribution in [0.25, 0.3) is 0 Å². The Morgan fingerprint density at radius 1 is 1.17 bits per heavy atom. The lowest BCUT2D eigenvalue weighted by atomic mass is 10.1. The summed E-state index contributed by atoms with van der Waals surface area (Å²) < 4.78 is 76.8. The second kappa shape index (κ2) is 4.52. The highest BCUT2D eigenvalue weighted by Crippen LogP contribution is 2.41. The lowest BCUT2D eigenvalue weighted by Crippen LogP contribution is -2.23. The first-order chi connectivity index (χ1) is 8.06. The monoisotopic (exact) mass is 275 g/mol. The van der Waals surface area contributed by atoms with E-state index in [4.69, 9.17) is 11.5 Å². The molecular weight excluding hydrogens is 268 g/mol. The molecule has 4 N–H and O–H groups in total. The quantitative estimate of drug-likeness (QED) is 0.810. The van der Waals surface area contributed by atoms with Gasteiger partial charge in [0.2, 0.25) is 5.88 Å². The molecule has 0 fully saturated rings. The summed E-state index contributed by atoms with van der Waals surface area (Å²) in [5.41, 5.74) is 7.26. The topological polar surface area (TPSA) is 74.2 Å². The largest absolute Gasteiger partial charge is 0.574 e. The normalized spacial score (nSPS) is 12.6. The SMILES string of the molecule is NCc1cnc(OC(F)(F)F)c(C(F)(F)F)c1N. The third-order valence-electron chi connectivity index (χ3n) is 1.88. The van der Waals surface area contributed by atoms with Gasteiger partial charge in [-0.1, -0.05) is 0 Å². The second-order valence-electron chi connectivity index (χ2n) is 3.13. The van der Waals surface area contributed by atoms with Crippen molar-refractivity contribution in [1.82, 2.24) is 4.98 Å². The summed E-state index contributed by atoms with van der Waals surface area (Å²) in [5.74, 6) is -1.65. The van der Waals surface area contributed by atoms with Gasteiger partial charge < -0.3 is 16.2 Å². The van der Waals surface area contributed by atoms with E-state index in [0.29, 0.717) is 6.20 Å². The molecule has 102 valence electrons. The molecule has 0 unspecified atom stereocenters. The smallest absolute Gasteiger partial charge is 0.398 e. The van der Waals surface area contributed by atoms with Crippen LogP contribution in [0.15, 0.2) is 6.20 Å². The van der Waals surface area contributed by atoms with Gasteiger partial charge in [0.05, 0.1) is 5.69 Å². The summed E-state index contributed by atoms with van der Waals surface area (Å²) in [6.07, 6.45) is -9.74. The number of alkyl halides is 6. The van der Waals surface area contributed by atoms with Crippen LogP contribution in [0.2, 0.25) is 0 Å². The first kappa shape index (κ1) is 14.4. The summed E-state index contributed by atoms with van der Waals surface area (Å²) >= 11 is 0. The molecule has 0 aliphatic heterocycles. The van der Waals surface area contributed by atoms with E-state index < -0.39 is 36.2 Å². The first-order valence-corrected chi connectivity index (χ1v) is 4.36. The number of rotatable bonds is 2. The zero-order valence-corrected chi connectivity index (χ0v) is 8.56. The number of nitrogens with two attached hydrogens (primary N) is 2. The number of pyridine rings is 1. The van der Waals surface area contributed by atoms with Crippen molar-refractivity contribution in [2.24, 2.45) is 5.73 Å². The summed E-state index contributed by atoms with van der Waals surface area (Å²) in [5, 5.41) is 0. The number of hydrogen-bond acceptors (Lipinski definition) is 4. The molecule has 0 aromatic carbocycles. The zero-order valence-electron chi connectivity index (χ0n) is 8.56. The van der Waals surface area contributed by atoms with Crippen LogP contribution in [0.4, 0.5) is 32.0 Å². The van der Waals surface area contributed by atoms with Crippen molar-refractivity contribution in [2.75, 3.05) is 5.73 Å². The van der Waals surface area contributed by atoms with Crippen LogP contribution >= 0.6 is 0 Å². The summed E-state index contributed by atoms with van der Waals surface area (Å²) in [7, 11) is 0. The van der Waals surface area contributed by atoms with Crippen molar-refractivity contribution in [2.45, 2.75) is 19.1 Å². The molecular formula is C8H7F6N3O. The first-order valence-electron chi connectivity index (χ1n) is 4.36. The molecule has 0 bridgehead atoms. The third kappa shape index (κ3) is 3.15. The van der Waals surface area contributed by atoms with Gasteiger partial charge in [-0.05, 0) is 0 Å². The average molecular weight is 275 g/mol. The molecule has 0 radical (unpaired) electrons. The van der Waals surface area contributed by atoms with Gasteiger partial charge in [-0.3, -0.25) is 0 Å². The fourth-order valence-electron chi connectivity index (χ4n) is 1.17. The minimum Gasteiger partial charge on any atom is -0.398 e. The molecule has 0 aliphatic carbocycles. The number of nitrogens with zero attached hydrogens (tertiary/aromatic N) is 1. The molecule has 0 saturated heterocycles. The Kier molecular flexibility index (Phi) is 3.60. The highest BCUT2D eigenvalue weighted by molar-refractivity contribution is 5.58. The van der Waals surface area contributed by atoms with Gasteiger partial charge in [-0.15, -0.1) is 13.2 Å². The number of nitrogen functional groups attached to an aromatic ring is 1. The van der Waals surface area contributed by atoms with E-state index >= 15 is 0 Å². The highest BCUT2D eigenvalue weighted by atomic mass is 19.4. The van der Waals surface area contributed by atoms with Crippen LogP contribution in [-0.4, -0.2) is 11.3 Å². The van der Waals surface area contributed by atoms with Gasteiger partial charge in [0.1, 0.15) is 5.56 Å². The van der Waals surface area contributed by atoms with Gasteiger partial charge in [-0.2, -0.15) is 13.2 Å². The van der Waals surface area contributed by atoms with Crippen molar-refractivity contribution in [3.8, 4) is 5.88 Å². The van der Waals surface area contributed by atoms with Crippen molar-refractivity contribution in [3.05, 3.63) is 17.3 Å². The van der Waals surface area contributed by atoms with Gasteiger partial charge in [0.15, 0.2) is 0 Å². The summed E-state index contributed by atoms with van der Waals surface area (Å²) in [4.78, 5) is 2.94. The zero-order chi connectivity index (χ0) is 14.1. The van der Waals surface area contributed by atoms with E-state index in [-0.39, 0.29) is 5.56 Å². The van der Waals surface area contributed by atoms with Crippen LogP contribution < -0.4 is 16.2 Å². The Hall–Kier alpha value is -1.71. The minimum absolute atomic E-state index is 0.225. The molecule has 10 heteroatoms. The van der Waals surface area contributed by atoms with E-state index in [1.165, 1.54) is 0 Å². The Morgan fingerprint density at radius 2 is 1.72 bits per heavy atom. The lowest BCUT2D eigenvalue weighted by molar-refractivity contribution is -0.277. The Balaban J connectivity index is 3.39. The van der Waals surface area contributed by atoms with Gasteiger partial charge in [-0.25, -0.2) is 4.98 Å². The predicted octanol–water partition coefficient (Wildman–Crippen LogP) is 2.04. The molecule has 1 heterocycles. The molecule has 0 amide bonds. The number of anilines is 1. The maximum Gasteiger partial charge on any atom is 0.574 e. The van der Waals surface area contributed by atoms with E-state index in [9.17, 15) is 26.3 Å². The standard InChI is InChI=1S/C8H7F6N3O/c9-7(10,11)4-5(16)3(1-15)2-17-6(4)18-8(12,13)14/h2H,1,15H2,(H2,16,17). The molecule has 18 heavy (non-hydrogen) atoms. The molecule has 1 rings (SSSR count). The third-order valence-corrected chi connectivity index (χ3v) is 1.88. The summed E-state index contributed by atoms with van der Waals surface area (Å²) in [6.45, 7) is -0.395. The van der Waals surface area contributed by atoms with Crippen LogP contribution in [-0.2, 0) is 12.7 Å². The molecule has 4 nitrogen and oxygen atoms in total. The van der Waals surface area contributed by atoms with Crippen molar-refractivity contribution in [3.63, 3.8) is 0 Å². The van der Waals surface area contributed by atoms with E-state index in [1.807, 2.05) is 0 Å². The van der Waals surface area contributed by atoms with Crippen molar-refractivity contribution in [1.29, 1.82) is 0 Å². The number of hydrogen-bond donors (Lipinski definition) is 2. The van der Waals surface area contributed by atoms with Crippen molar-refractivity contribution < 1.29 is 31.1 Å². The van der Waals surface area contributed by atoms with Crippen LogP contribution in [0.1, 0.15) is 11.1 Å². The van der Waals surface area contributed by atoms with Crippen molar-refractivity contribution >= 4 is 5.69 Å². The highest BCUT2D eigenvalue weighted by Gasteiger charge is 2.42. The van der Waals surface area contributed by atoms with Gasteiger partial charge in [0.25, 0.3) is 0 Å². The van der Waals surface area contributed by atoms with Gasteiger partial charge >= 0.3 is 12.5 Å². The minimum atomic E-state index is -5.30. The van der Waals surface area contributed by atoms with Crippen LogP contribution in [0.3, 0.4) is 0 Å². The summed E-state index contributed by atoms with van der Waals surface area (Å²) in [6, 6.07) is 0. The number of aromatic nitrogens is 1. The Labute approximate surface area is 96.5 Å². The van der Waals surface area contributed by atoms with E-state index in [1.54, 1.807) is 0 Å². The maximum atomic E-state index is 12.6. The number of ether oxygens (including phenoxy) is 1. The molecule has 1 aromatic heterocycles. The van der Waals surface area contributed by atoms with E-state index in [0.717, 1.165) is 0 Å². The molecule has 0 atom stereocenters. The fraction of sp³-hybridized carbons (Fsp3) is 0.375. The second-order valence-corrected chi connectivity index (χ2v) is 3.13. The van der Waals surface area contributed by atoms with Crippen LogP contribution in [0, 0.1) is 0 Å². The van der Waals surface area contributed by atoms with Gasteiger partial charge in [0, 0.05) is 18.3 Å². The Bertz CT molecular complexity index is 442. The predicted molar refractivity (Wildman–Crippen MR) is 48.2 cm³/mol. The maximum absolute atomic E-state index is 12.6. The lowest BCUT2D eigenvalue weighted by Gasteiger charge is -2.17. The number of halogens is 6. The molecule has 1 aromatic rings. The van der Waals surface area contributed by atoms with E-state index in [2.05, 4.69) is 9.72 Å².